The molecule has 0 aliphatic heterocycles. The van der Waals surface area contributed by atoms with Crippen molar-refractivity contribution in [2.75, 3.05) is 10.6 Å². The van der Waals surface area contributed by atoms with Crippen molar-refractivity contribution in [1.29, 1.82) is 0 Å². The second-order valence-corrected chi connectivity index (χ2v) is 5.64. The number of rotatable bonds is 4. The maximum absolute atomic E-state index is 13.2. The van der Waals surface area contributed by atoms with Gasteiger partial charge in [-0.1, -0.05) is 18.2 Å². The fourth-order valence-corrected chi connectivity index (χ4v) is 2.31. The van der Waals surface area contributed by atoms with Gasteiger partial charge in [0.2, 0.25) is 0 Å². The van der Waals surface area contributed by atoms with Gasteiger partial charge < -0.3 is 10.6 Å². The molecule has 5 nitrogen and oxygen atoms in total. The summed E-state index contributed by atoms with van der Waals surface area (Å²) in [5.74, 6) is -0.329. The predicted molar refractivity (Wildman–Crippen MR) is 95.6 cm³/mol. The Morgan fingerprint density at radius 2 is 1.80 bits per heavy atom. The van der Waals surface area contributed by atoms with Crippen LogP contribution in [0.2, 0.25) is 0 Å². The van der Waals surface area contributed by atoms with Crippen LogP contribution >= 0.6 is 0 Å². The number of carbonyl (C=O) groups excluding carboxylic acids is 1. The van der Waals surface area contributed by atoms with Gasteiger partial charge in [-0.3, -0.25) is 4.79 Å². The van der Waals surface area contributed by atoms with Gasteiger partial charge in [0.25, 0.3) is 5.91 Å². The van der Waals surface area contributed by atoms with E-state index in [0.717, 1.165) is 11.3 Å². The SMILES string of the molecule is Cc1cccc(Nc2ccc(C(=O)Nc3cccc(F)c3)nn2)c1C. The first-order valence-electron chi connectivity index (χ1n) is 7.77. The van der Waals surface area contributed by atoms with Gasteiger partial charge in [0.05, 0.1) is 0 Å². The molecule has 0 saturated carbocycles. The number of hydrogen-bond acceptors (Lipinski definition) is 4. The quantitative estimate of drug-likeness (QED) is 0.748. The molecular formula is C19H17FN4O. The Balaban J connectivity index is 1.71. The Labute approximate surface area is 144 Å². The van der Waals surface area contributed by atoms with Gasteiger partial charge in [-0.2, -0.15) is 0 Å². The molecule has 25 heavy (non-hydrogen) atoms. The number of amides is 1. The molecule has 2 N–H and O–H groups in total. The van der Waals surface area contributed by atoms with Crippen LogP contribution in [0.5, 0.6) is 0 Å². The van der Waals surface area contributed by atoms with Crippen molar-refractivity contribution < 1.29 is 9.18 Å². The number of anilines is 3. The Hall–Kier alpha value is -3.28. The number of nitrogens with zero attached hydrogens (tertiary/aromatic N) is 2. The van der Waals surface area contributed by atoms with E-state index in [9.17, 15) is 9.18 Å². The van der Waals surface area contributed by atoms with Crippen LogP contribution in [0.1, 0.15) is 21.6 Å². The summed E-state index contributed by atoms with van der Waals surface area (Å²) in [6, 6.07) is 14.9. The molecule has 1 aromatic heterocycles. The molecule has 0 saturated heterocycles. The Bertz CT molecular complexity index is 910. The molecule has 0 atom stereocenters. The number of hydrogen-bond donors (Lipinski definition) is 2. The standard InChI is InChI=1S/C19H17FN4O/c1-12-5-3-8-16(13(12)2)22-18-10-9-17(23-24-18)19(25)21-15-7-4-6-14(20)11-15/h3-11H,1-2H3,(H,21,25)(H,22,24). The van der Waals surface area contributed by atoms with Gasteiger partial charge in [0.1, 0.15) is 5.82 Å². The van der Waals surface area contributed by atoms with Crippen LogP contribution in [0.25, 0.3) is 0 Å². The van der Waals surface area contributed by atoms with E-state index >= 15 is 0 Å². The Kier molecular flexibility index (Phi) is 4.70. The first kappa shape index (κ1) is 16.6. The minimum absolute atomic E-state index is 0.149. The number of carbonyl (C=O) groups is 1. The molecule has 126 valence electrons. The molecule has 1 heterocycles. The van der Waals surface area contributed by atoms with Gasteiger partial charge >= 0.3 is 0 Å². The van der Waals surface area contributed by atoms with Crippen molar-refractivity contribution in [2.24, 2.45) is 0 Å². The van der Waals surface area contributed by atoms with E-state index in [-0.39, 0.29) is 5.69 Å². The summed E-state index contributed by atoms with van der Waals surface area (Å²) in [5, 5.41) is 13.7. The van der Waals surface area contributed by atoms with E-state index in [1.807, 2.05) is 32.0 Å². The van der Waals surface area contributed by atoms with E-state index in [0.29, 0.717) is 11.5 Å². The minimum Gasteiger partial charge on any atom is -0.339 e. The van der Waals surface area contributed by atoms with Gasteiger partial charge in [-0.25, -0.2) is 4.39 Å². The molecule has 2 aromatic carbocycles. The number of aryl methyl sites for hydroxylation is 1. The van der Waals surface area contributed by atoms with Crippen LogP contribution in [0.4, 0.5) is 21.6 Å². The van der Waals surface area contributed by atoms with Gasteiger partial charge in [0.15, 0.2) is 11.5 Å². The monoisotopic (exact) mass is 336 g/mol. The van der Waals surface area contributed by atoms with Crippen LogP contribution < -0.4 is 10.6 Å². The minimum atomic E-state index is -0.448. The van der Waals surface area contributed by atoms with Crippen LogP contribution in [0.15, 0.2) is 54.6 Å². The van der Waals surface area contributed by atoms with Crippen molar-refractivity contribution in [2.45, 2.75) is 13.8 Å². The summed E-state index contributed by atoms with van der Waals surface area (Å²) in [7, 11) is 0. The fourth-order valence-electron chi connectivity index (χ4n) is 2.31. The number of aromatic nitrogens is 2. The number of halogens is 1. The summed E-state index contributed by atoms with van der Waals surface area (Å²) in [4.78, 5) is 12.1. The highest BCUT2D eigenvalue weighted by Crippen LogP contribution is 2.21. The van der Waals surface area contributed by atoms with Crippen molar-refractivity contribution in [3.63, 3.8) is 0 Å². The zero-order valence-electron chi connectivity index (χ0n) is 13.9. The summed E-state index contributed by atoms with van der Waals surface area (Å²) in [5.41, 5.74) is 3.74. The van der Waals surface area contributed by atoms with Crippen LogP contribution in [-0.2, 0) is 0 Å². The maximum Gasteiger partial charge on any atom is 0.276 e. The fraction of sp³-hybridized carbons (Fsp3) is 0.105. The second kappa shape index (κ2) is 7.09. The largest absolute Gasteiger partial charge is 0.339 e. The number of nitrogens with one attached hydrogen (secondary N) is 2. The highest BCUT2D eigenvalue weighted by atomic mass is 19.1. The van der Waals surface area contributed by atoms with Crippen molar-refractivity contribution in [3.05, 3.63) is 77.2 Å². The summed E-state index contributed by atoms with van der Waals surface area (Å²) < 4.78 is 13.2. The van der Waals surface area contributed by atoms with Crippen molar-refractivity contribution in [3.8, 4) is 0 Å². The van der Waals surface area contributed by atoms with E-state index in [1.54, 1.807) is 18.2 Å². The maximum atomic E-state index is 13.2. The van der Waals surface area contributed by atoms with E-state index < -0.39 is 11.7 Å². The van der Waals surface area contributed by atoms with E-state index in [2.05, 4.69) is 20.8 Å². The first-order valence-corrected chi connectivity index (χ1v) is 7.77. The summed E-state index contributed by atoms with van der Waals surface area (Å²) in [6.45, 7) is 4.05. The molecule has 0 spiro atoms. The molecule has 3 aromatic rings. The lowest BCUT2D eigenvalue weighted by molar-refractivity contribution is 0.102. The van der Waals surface area contributed by atoms with Crippen LogP contribution in [0, 0.1) is 19.7 Å². The summed E-state index contributed by atoms with van der Waals surface area (Å²) in [6.07, 6.45) is 0. The lowest BCUT2D eigenvalue weighted by atomic mass is 10.1. The average molecular weight is 336 g/mol. The normalized spacial score (nSPS) is 10.4. The molecule has 0 fully saturated rings. The molecule has 6 heteroatoms. The predicted octanol–water partition coefficient (Wildman–Crippen LogP) is 4.23. The highest BCUT2D eigenvalue weighted by Gasteiger charge is 2.10. The van der Waals surface area contributed by atoms with Crippen LogP contribution in [-0.4, -0.2) is 16.1 Å². The topological polar surface area (TPSA) is 66.9 Å². The molecule has 0 aliphatic rings. The van der Waals surface area contributed by atoms with Crippen LogP contribution in [0.3, 0.4) is 0 Å². The molecule has 0 aliphatic carbocycles. The molecule has 3 rings (SSSR count). The second-order valence-electron chi connectivity index (χ2n) is 5.64. The Morgan fingerprint density at radius 1 is 1.00 bits per heavy atom. The van der Waals surface area contributed by atoms with Crippen molar-refractivity contribution in [1.82, 2.24) is 10.2 Å². The lowest BCUT2D eigenvalue weighted by Gasteiger charge is -2.10. The molecule has 1 amide bonds. The molecule has 0 radical (unpaired) electrons. The molecule has 0 unspecified atom stereocenters. The van der Waals surface area contributed by atoms with Gasteiger partial charge in [-0.05, 0) is 61.4 Å². The highest BCUT2D eigenvalue weighted by molar-refractivity contribution is 6.02. The third-order valence-corrected chi connectivity index (χ3v) is 3.85. The zero-order valence-corrected chi connectivity index (χ0v) is 13.9. The van der Waals surface area contributed by atoms with Gasteiger partial charge in [-0.15, -0.1) is 10.2 Å². The van der Waals surface area contributed by atoms with Gasteiger partial charge in [0, 0.05) is 11.4 Å². The smallest absolute Gasteiger partial charge is 0.276 e. The van der Waals surface area contributed by atoms with Crippen molar-refractivity contribution >= 4 is 23.1 Å². The lowest BCUT2D eigenvalue weighted by Crippen LogP contribution is -2.14. The molecular weight excluding hydrogens is 319 g/mol. The van der Waals surface area contributed by atoms with E-state index in [1.165, 1.54) is 23.8 Å². The third kappa shape index (κ3) is 3.98. The molecule has 0 bridgehead atoms. The average Bonchev–Trinajstić information content (AvgIpc) is 2.59. The summed E-state index contributed by atoms with van der Waals surface area (Å²) >= 11 is 0. The number of benzene rings is 2. The zero-order chi connectivity index (χ0) is 17.8. The Morgan fingerprint density at radius 3 is 2.52 bits per heavy atom. The first-order chi connectivity index (χ1) is 12.0. The van der Waals surface area contributed by atoms with E-state index in [4.69, 9.17) is 0 Å². The third-order valence-electron chi connectivity index (χ3n) is 3.85.